The fourth-order valence-electron chi connectivity index (χ4n) is 2.87. The fraction of sp³-hybridized carbons (Fsp3) is 0.500. The van der Waals surface area contributed by atoms with Crippen LogP contribution in [-0.2, 0) is 9.59 Å². The number of carboxylic acid groups (broad SMARTS) is 1. The smallest absolute Gasteiger partial charge is 0.307 e. The van der Waals surface area contributed by atoms with E-state index in [0.29, 0.717) is 0 Å². The zero-order valence-electron chi connectivity index (χ0n) is 12.7. The summed E-state index contributed by atoms with van der Waals surface area (Å²) in [5.41, 5.74) is 0.477. The van der Waals surface area contributed by atoms with Crippen molar-refractivity contribution in [2.75, 3.05) is 7.11 Å². The Hall–Kier alpha value is -2.04. The predicted octanol–water partition coefficient (Wildman–Crippen LogP) is 2.23. The van der Waals surface area contributed by atoms with Crippen LogP contribution >= 0.6 is 0 Å². The maximum atomic E-state index is 12.2. The first-order valence-electron chi connectivity index (χ1n) is 6.96. The monoisotopic (exact) mass is 291 g/mol. The highest BCUT2D eigenvalue weighted by Crippen LogP contribution is 2.58. The molecule has 5 nitrogen and oxygen atoms in total. The number of carboxylic acids is 1. The number of ether oxygens (including phenoxy) is 1. The molecular weight excluding hydrogens is 270 g/mol. The van der Waals surface area contributed by atoms with Gasteiger partial charge < -0.3 is 15.2 Å². The molecule has 1 amide bonds. The first-order valence-corrected chi connectivity index (χ1v) is 6.96. The highest BCUT2D eigenvalue weighted by Gasteiger charge is 2.65. The van der Waals surface area contributed by atoms with E-state index in [2.05, 4.69) is 5.32 Å². The third kappa shape index (κ3) is 2.86. The normalized spacial score (nSPS) is 24.0. The highest BCUT2D eigenvalue weighted by atomic mass is 16.5. The summed E-state index contributed by atoms with van der Waals surface area (Å²) in [6.45, 7) is 5.51. The Balaban J connectivity index is 2.01. The number of amides is 1. The molecule has 1 aromatic carbocycles. The lowest BCUT2D eigenvalue weighted by Crippen LogP contribution is -2.30. The lowest BCUT2D eigenvalue weighted by atomic mass is 10.1. The van der Waals surface area contributed by atoms with Gasteiger partial charge in [0.05, 0.1) is 25.0 Å². The van der Waals surface area contributed by atoms with Gasteiger partial charge in [0.25, 0.3) is 0 Å². The van der Waals surface area contributed by atoms with Gasteiger partial charge in [-0.25, -0.2) is 0 Å². The number of hydrogen-bond donors (Lipinski definition) is 2. The van der Waals surface area contributed by atoms with Crippen LogP contribution in [0.25, 0.3) is 0 Å². The summed E-state index contributed by atoms with van der Waals surface area (Å²) in [5.74, 6) is -1.41. The van der Waals surface area contributed by atoms with Crippen LogP contribution in [0.2, 0.25) is 0 Å². The standard InChI is InChI=1S/C16H21NO4/c1-9(10-5-7-11(21-4)8-6-10)17-14(18)12-13(15(19)20)16(12,2)3/h5-9,12-13H,1-4H3,(H,17,18)(H,19,20). The second-order valence-electron chi connectivity index (χ2n) is 6.12. The van der Waals surface area contributed by atoms with Crippen LogP contribution in [0.4, 0.5) is 0 Å². The molecule has 0 saturated heterocycles. The zero-order valence-corrected chi connectivity index (χ0v) is 12.7. The van der Waals surface area contributed by atoms with Crippen LogP contribution < -0.4 is 10.1 Å². The Morgan fingerprint density at radius 3 is 2.24 bits per heavy atom. The van der Waals surface area contributed by atoms with Gasteiger partial charge in [-0.15, -0.1) is 0 Å². The summed E-state index contributed by atoms with van der Waals surface area (Å²) in [6.07, 6.45) is 0. The van der Waals surface area contributed by atoms with Crippen molar-refractivity contribution in [2.24, 2.45) is 17.3 Å². The second kappa shape index (κ2) is 5.39. The van der Waals surface area contributed by atoms with Crippen molar-refractivity contribution in [1.29, 1.82) is 0 Å². The van der Waals surface area contributed by atoms with Crippen molar-refractivity contribution in [3.8, 4) is 5.75 Å². The molecular formula is C16H21NO4. The lowest BCUT2D eigenvalue weighted by Gasteiger charge is -2.15. The molecule has 0 bridgehead atoms. The number of carbonyl (C=O) groups excluding carboxylic acids is 1. The molecule has 3 atom stereocenters. The van der Waals surface area contributed by atoms with Gasteiger partial charge in [-0.2, -0.15) is 0 Å². The summed E-state index contributed by atoms with van der Waals surface area (Å²) < 4.78 is 5.09. The van der Waals surface area contributed by atoms with E-state index in [0.717, 1.165) is 11.3 Å². The van der Waals surface area contributed by atoms with Crippen LogP contribution in [-0.4, -0.2) is 24.1 Å². The average Bonchev–Trinajstić information content (AvgIpc) is 3.02. The minimum Gasteiger partial charge on any atom is -0.497 e. The average molecular weight is 291 g/mol. The molecule has 114 valence electrons. The van der Waals surface area contributed by atoms with Crippen molar-refractivity contribution < 1.29 is 19.4 Å². The minimum absolute atomic E-state index is 0.172. The maximum absolute atomic E-state index is 12.2. The van der Waals surface area contributed by atoms with Crippen molar-refractivity contribution in [3.63, 3.8) is 0 Å². The fourth-order valence-corrected chi connectivity index (χ4v) is 2.87. The molecule has 1 fully saturated rings. The van der Waals surface area contributed by atoms with Gasteiger partial charge in [-0.05, 0) is 30.0 Å². The van der Waals surface area contributed by atoms with E-state index in [1.165, 1.54) is 0 Å². The molecule has 2 rings (SSSR count). The first kappa shape index (κ1) is 15.4. The van der Waals surface area contributed by atoms with Crippen LogP contribution in [0.15, 0.2) is 24.3 Å². The highest BCUT2D eigenvalue weighted by molar-refractivity contribution is 5.91. The molecule has 1 aliphatic rings. The van der Waals surface area contributed by atoms with E-state index >= 15 is 0 Å². The molecule has 1 saturated carbocycles. The number of carbonyl (C=O) groups is 2. The number of hydrogen-bond acceptors (Lipinski definition) is 3. The number of benzene rings is 1. The molecule has 1 aliphatic carbocycles. The SMILES string of the molecule is COc1ccc(C(C)NC(=O)C2C(C(=O)O)C2(C)C)cc1. The van der Waals surface area contributed by atoms with E-state index in [1.807, 2.05) is 45.0 Å². The number of aliphatic carboxylic acids is 1. The summed E-state index contributed by atoms with van der Waals surface area (Å²) >= 11 is 0. The third-order valence-electron chi connectivity index (χ3n) is 4.35. The molecule has 21 heavy (non-hydrogen) atoms. The molecule has 1 aromatic rings. The van der Waals surface area contributed by atoms with Gasteiger partial charge in [0.2, 0.25) is 5.91 Å². The summed E-state index contributed by atoms with van der Waals surface area (Å²) in [7, 11) is 1.60. The maximum Gasteiger partial charge on any atom is 0.307 e. The zero-order chi connectivity index (χ0) is 15.8. The van der Waals surface area contributed by atoms with E-state index in [4.69, 9.17) is 9.84 Å². The van der Waals surface area contributed by atoms with Crippen molar-refractivity contribution in [1.82, 2.24) is 5.32 Å². The van der Waals surface area contributed by atoms with Gasteiger partial charge in [0.15, 0.2) is 0 Å². The molecule has 3 unspecified atom stereocenters. The predicted molar refractivity (Wildman–Crippen MR) is 77.9 cm³/mol. The van der Waals surface area contributed by atoms with Crippen LogP contribution in [0.3, 0.4) is 0 Å². The number of rotatable bonds is 5. The van der Waals surface area contributed by atoms with Crippen LogP contribution in [0.5, 0.6) is 5.75 Å². The Kier molecular flexibility index (Phi) is 3.94. The van der Waals surface area contributed by atoms with Gasteiger partial charge in [-0.3, -0.25) is 9.59 Å². The van der Waals surface area contributed by atoms with Gasteiger partial charge in [-0.1, -0.05) is 26.0 Å². The Morgan fingerprint density at radius 1 is 1.24 bits per heavy atom. The van der Waals surface area contributed by atoms with E-state index in [1.54, 1.807) is 7.11 Å². The Morgan fingerprint density at radius 2 is 1.81 bits per heavy atom. The second-order valence-corrected chi connectivity index (χ2v) is 6.12. The Labute approximate surface area is 124 Å². The van der Waals surface area contributed by atoms with Gasteiger partial charge >= 0.3 is 5.97 Å². The molecule has 0 heterocycles. The van der Waals surface area contributed by atoms with Gasteiger partial charge in [0, 0.05) is 0 Å². The minimum atomic E-state index is -0.905. The quantitative estimate of drug-likeness (QED) is 0.872. The lowest BCUT2D eigenvalue weighted by molar-refractivity contribution is -0.140. The molecule has 5 heteroatoms. The topological polar surface area (TPSA) is 75.6 Å². The molecule has 0 spiro atoms. The van der Waals surface area contributed by atoms with Gasteiger partial charge in [0.1, 0.15) is 5.75 Å². The number of methoxy groups -OCH3 is 1. The van der Waals surface area contributed by atoms with E-state index in [9.17, 15) is 9.59 Å². The summed E-state index contributed by atoms with van der Waals surface area (Å²) in [4.78, 5) is 23.4. The molecule has 0 radical (unpaired) electrons. The van der Waals surface area contributed by atoms with Crippen molar-refractivity contribution >= 4 is 11.9 Å². The van der Waals surface area contributed by atoms with E-state index in [-0.39, 0.29) is 11.9 Å². The molecule has 2 N–H and O–H groups in total. The largest absolute Gasteiger partial charge is 0.497 e. The van der Waals surface area contributed by atoms with Crippen molar-refractivity contribution in [3.05, 3.63) is 29.8 Å². The number of nitrogens with one attached hydrogen (secondary N) is 1. The Bertz CT molecular complexity index is 550. The van der Waals surface area contributed by atoms with Crippen LogP contribution in [0.1, 0.15) is 32.4 Å². The third-order valence-corrected chi connectivity index (χ3v) is 4.35. The van der Waals surface area contributed by atoms with E-state index < -0.39 is 23.2 Å². The first-order chi connectivity index (χ1) is 9.78. The summed E-state index contributed by atoms with van der Waals surface area (Å²) in [5, 5.41) is 12.0. The summed E-state index contributed by atoms with van der Waals surface area (Å²) in [6, 6.07) is 7.26. The van der Waals surface area contributed by atoms with Crippen LogP contribution in [0, 0.1) is 17.3 Å². The molecule has 0 aromatic heterocycles. The molecule has 0 aliphatic heterocycles. The van der Waals surface area contributed by atoms with Crippen molar-refractivity contribution in [2.45, 2.75) is 26.8 Å².